The van der Waals surface area contributed by atoms with Gasteiger partial charge in [-0.2, -0.15) is 0 Å². The second-order valence-electron chi connectivity index (χ2n) is 6.38. The van der Waals surface area contributed by atoms with E-state index in [4.69, 9.17) is 5.73 Å². The molecule has 0 radical (unpaired) electrons. The highest BCUT2D eigenvalue weighted by Crippen LogP contribution is 2.23. The van der Waals surface area contributed by atoms with Crippen LogP contribution in [0.5, 0.6) is 0 Å². The van der Waals surface area contributed by atoms with Gasteiger partial charge in [-0.1, -0.05) is 18.2 Å². The quantitative estimate of drug-likeness (QED) is 0.604. The summed E-state index contributed by atoms with van der Waals surface area (Å²) in [6.07, 6.45) is 0. The molecule has 27 heavy (non-hydrogen) atoms. The van der Waals surface area contributed by atoms with Crippen LogP contribution in [-0.4, -0.2) is 11.8 Å². The molecule has 0 bridgehead atoms. The van der Waals surface area contributed by atoms with Crippen LogP contribution in [0.25, 0.3) is 0 Å². The van der Waals surface area contributed by atoms with Gasteiger partial charge < -0.3 is 16.4 Å². The molecule has 0 spiro atoms. The molecule has 4 N–H and O–H groups in total. The first-order valence-corrected chi connectivity index (χ1v) is 8.58. The molecule has 3 aromatic carbocycles. The molecule has 0 heterocycles. The van der Waals surface area contributed by atoms with Gasteiger partial charge in [0.05, 0.1) is 0 Å². The molecule has 5 nitrogen and oxygen atoms in total. The summed E-state index contributed by atoms with van der Waals surface area (Å²) in [5.74, 6) is -0.413. The molecule has 136 valence electrons. The maximum absolute atomic E-state index is 12.5. The largest absolute Gasteiger partial charge is 0.399 e. The maximum atomic E-state index is 12.5. The predicted molar refractivity (Wildman–Crippen MR) is 109 cm³/mol. The molecule has 3 aromatic rings. The number of carbonyl (C=O) groups excluding carboxylic acids is 2. The number of hydrogen-bond acceptors (Lipinski definition) is 3. The number of benzene rings is 3. The molecular formula is C22H21N3O2. The van der Waals surface area contributed by atoms with E-state index < -0.39 is 0 Å². The second kappa shape index (κ2) is 7.74. The van der Waals surface area contributed by atoms with Crippen molar-refractivity contribution in [2.45, 2.75) is 13.8 Å². The molecule has 5 heteroatoms. The summed E-state index contributed by atoms with van der Waals surface area (Å²) in [7, 11) is 0. The van der Waals surface area contributed by atoms with Crippen LogP contribution in [0, 0.1) is 13.8 Å². The number of carbonyl (C=O) groups is 2. The topological polar surface area (TPSA) is 84.2 Å². The third-order valence-corrected chi connectivity index (χ3v) is 4.30. The number of nitrogens with two attached hydrogens (primary N) is 1. The van der Waals surface area contributed by atoms with Crippen molar-refractivity contribution in [1.82, 2.24) is 0 Å². The zero-order valence-corrected chi connectivity index (χ0v) is 15.2. The molecule has 0 aliphatic heterocycles. The number of amides is 2. The molecule has 0 saturated carbocycles. The van der Waals surface area contributed by atoms with Gasteiger partial charge >= 0.3 is 0 Å². The van der Waals surface area contributed by atoms with E-state index in [9.17, 15) is 9.59 Å². The number of nitrogens with one attached hydrogen (secondary N) is 2. The highest BCUT2D eigenvalue weighted by Gasteiger charge is 2.10. The average molecular weight is 359 g/mol. The van der Waals surface area contributed by atoms with E-state index in [0.717, 1.165) is 16.8 Å². The molecule has 0 saturated heterocycles. The molecular weight excluding hydrogens is 338 g/mol. The van der Waals surface area contributed by atoms with E-state index in [-0.39, 0.29) is 11.8 Å². The van der Waals surface area contributed by atoms with Crippen molar-refractivity contribution >= 4 is 28.9 Å². The van der Waals surface area contributed by atoms with Gasteiger partial charge in [0.1, 0.15) is 0 Å². The lowest BCUT2D eigenvalue weighted by atomic mass is 10.1. The zero-order chi connectivity index (χ0) is 19.4. The Balaban J connectivity index is 1.69. The van der Waals surface area contributed by atoms with Crippen LogP contribution in [0.2, 0.25) is 0 Å². The molecule has 0 aliphatic carbocycles. The van der Waals surface area contributed by atoms with E-state index in [1.165, 1.54) is 0 Å². The van der Waals surface area contributed by atoms with Crippen LogP contribution in [0.15, 0.2) is 66.7 Å². The van der Waals surface area contributed by atoms with Crippen LogP contribution in [-0.2, 0) is 0 Å². The summed E-state index contributed by atoms with van der Waals surface area (Å²) >= 11 is 0. The highest BCUT2D eigenvalue weighted by atomic mass is 16.2. The molecule has 0 fully saturated rings. The Labute approximate surface area is 158 Å². The Morgan fingerprint density at radius 3 is 2.00 bits per heavy atom. The molecule has 0 unspecified atom stereocenters. The Kier molecular flexibility index (Phi) is 5.22. The van der Waals surface area contributed by atoms with Gasteiger partial charge in [0.25, 0.3) is 11.8 Å². The van der Waals surface area contributed by atoms with Crippen molar-refractivity contribution in [2.24, 2.45) is 0 Å². The van der Waals surface area contributed by atoms with Crippen molar-refractivity contribution in [3.8, 4) is 0 Å². The van der Waals surface area contributed by atoms with Crippen molar-refractivity contribution < 1.29 is 9.59 Å². The number of aryl methyl sites for hydroxylation is 2. The van der Waals surface area contributed by atoms with Crippen LogP contribution in [0.4, 0.5) is 17.1 Å². The fourth-order valence-corrected chi connectivity index (χ4v) is 2.67. The van der Waals surface area contributed by atoms with Crippen molar-refractivity contribution in [2.75, 3.05) is 16.4 Å². The maximum Gasteiger partial charge on any atom is 0.255 e. The van der Waals surface area contributed by atoms with E-state index >= 15 is 0 Å². The van der Waals surface area contributed by atoms with E-state index in [2.05, 4.69) is 10.6 Å². The van der Waals surface area contributed by atoms with Gasteiger partial charge in [0.2, 0.25) is 0 Å². The molecule has 0 aliphatic rings. The predicted octanol–water partition coefficient (Wildman–Crippen LogP) is 4.39. The first-order chi connectivity index (χ1) is 12.9. The standard InChI is InChI=1S/C22H21N3O2/c1-14-13-20(15(2)12-19(14)23)25-22(27)17-8-10-18(11-9-17)24-21(26)16-6-4-3-5-7-16/h3-13H,23H2,1-2H3,(H,24,26)(H,25,27). The number of anilines is 3. The van der Waals surface area contributed by atoms with Crippen LogP contribution >= 0.6 is 0 Å². The van der Waals surface area contributed by atoms with Gasteiger partial charge in [-0.3, -0.25) is 9.59 Å². The highest BCUT2D eigenvalue weighted by molar-refractivity contribution is 6.06. The average Bonchev–Trinajstić information content (AvgIpc) is 2.67. The smallest absolute Gasteiger partial charge is 0.255 e. The Hall–Kier alpha value is -3.60. The summed E-state index contributed by atoms with van der Waals surface area (Å²) in [4.78, 5) is 24.7. The minimum absolute atomic E-state index is 0.194. The molecule has 3 rings (SSSR count). The number of hydrogen-bond donors (Lipinski definition) is 3. The minimum Gasteiger partial charge on any atom is -0.399 e. The third kappa shape index (κ3) is 4.33. The van der Waals surface area contributed by atoms with E-state index in [0.29, 0.717) is 22.5 Å². The van der Waals surface area contributed by atoms with Gasteiger partial charge in [-0.25, -0.2) is 0 Å². The van der Waals surface area contributed by atoms with Gasteiger partial charge in [-0.15, -0.1) is 0 Å². The van der Waals surface area contributed by atoms with E-state index in [1.54, 1.807) is 36.4 Å². The summed E-state index contributed by atoms with van der Waals surface area (Å²) in [5, 5.41) is 5.71. The fourth-order valence-electron chi connectivity index (χ4n) is 2.67. The first kappa shape index (κ1) is 18.2. The summed E-state index contributed by atoms with van der Waals surface area (Å²) < 4.78 is 0. The third-order valence-electron chi connectivity index (χ3n) is 4.30. The van der Waals surface area contributed by atoms with Gasteiger partial charge in [-0.05, 0) is 73.5 Å². The molecule has 0 atom stereocenters. The fraction of sp³-hybridized carbons (Fsp3) is 0.0909. The monoisotopic (exact) mass is 359 g/mol. The lowest BCUT2D eigenvalue weighted by Crippen LogP contribution is -2.14. The summed E-state index contributed by atoms with van der Waals surface area (Å²) in [6, 6.07) is 19.4. The normalized spacial score (nSPS) is 10.3. The molecule has 0 aromatic heterocycles. The molecule has 2 amide bonds. The van der Waals surface area contributed by atoms with Crippen molar-refractivity contribution in [1.29, 1.82) is 0 Å². The number of rotatable bonds is 4. The number of nitrogen functional groups attached to an aromatic ring is 1. The van der Waals surface area contributed by atoms with Crippen molar-refractivity contribution in [3.05, 3.63) is 89.0 Å². The summed E-state index contributed by atoms with van der Waals surface area (Å²) in [6.45, 7) is 3.79. The van der Waals surface area contributed by atoms with Crippen molar-refractivity contribution in [3.63, 3.8) is 0 Å². The first-order valence-electron chi connectivity index (χ1n) is 8.58. The zero-order valence-electron chi connectivity index (χ0n) is 15.2. The van der Waals surface area contributed by atoms with Gasteiger partial charge in [0, 0.05) is 28.2 Å². The second-order valence-corrected chi connectivity index (χ2v) is 6.38. The van der Waals surface area contributed by atoms with Gasteiger partial charge in [0.15, 0.2) is 0 Å². The Morgan fingerprint density at radius 2 is 1.33 bits per heavy atom. The Bertz CT molecular complexity index is 980. The Morgan fingerprint density at radius 1 is 0.741 bits per heavy atom. The SMILES string of the molecule is Cc1cc(NC(=O)c2ccc(NC(=O)c3ccccc3)cc2)c(C)cc1N. The van der Waals surface area contributed by atoms with E-state index in [1.807, 2.05) is 44.2 Å². The minimum atomic E-state index is -0.219. The lowest BCUT2D eigenvalue weighted by Gasteiger charge is -2.12. The van der Waals surface area contributed by atoms with Crippen LogP contribution in [0.3, 0.4) is 0 Å². The van der Waals surface area contributed by atoms with Crippen LogP contribution in [0.1, 0.15) is 31.8 Å². The van der Waals surface area contributed by atoms with Crippen LogP contribution < -0.4 is 16.4 Å². The lowest BCUT2D eigenvalue weighted by molar-refractivity contribution is 0.102. The summed E-state index contributed by atoms with van der Waals surface area (Å²) in [5.41, 5.74) is 10.8.